The highest BCUT2D eigenvalue weighted by Gasteiger charge is 2.31. The van der Waals surface area contributed by atoms with Gasteiger partial charge in [0.15, 0.2) is 5.75 Å². The van der Waals surface area contributed by atoms with E-state index in [4.69, 9.17) is 10.5 Å². The Morgan fingerprint density at radius 2 is 2.05 bits per heavy atom. The number of fused-ring (bicyclic) bond motifs is 2. The molecule has 3 nitrogen and oxygen atoms in total. The van der Waals surface area contributed by atoms with Crippen molar-refractivity contribution in [3.63, 3.8) is 0 Å². The van der Waals surface area contributed by atoms with Crippen LogP contribution in [-0.4, -0.2) is 6.04 Å². The van der Waals surface area contributed by atoms with E-state index in [1.54, 1.807) is 11.3 Å². The van der Waals surface area contributed by atoms with Gasteiger partial charge in [0.1, 0.15) is 5.69 Å². The molecular weight excluding hydrogens is 256 g/mol. The molecule has 0 atom stereocenters. The molecule has 1 aliphatic rings. The van der Waals surface area contributed by atoms with Crippen LogP contribution >= 0.6 is 11.3 Å². The van der Waals surface area contributed by atoms with Crippen molar-refractivity contribution in [2.75, 3.05) is 10.6 Å². The van der Waals surface area contributed by atoms with Gasteiger partial charge in [-0.15, -0.1) is 0 Å². The van der Waals surface area contributed by atoms with Crippen molar-refractivity contribution in [2.45, 2.75) is 33.2 Å². The Bertz CT molecular complexity index is 619. The molecule has 2 aromatic rings. The first-order valence-corrected chi connectivity index (χ1v) is 7.42. The molecule has 0 amide bonds. The van der Waals surface area contributed by atoms with Crippen LogP contribution in [0.2, 0.25) is 0 Å². The number of nitrogens with zero attached hydrogens (tertiary/aromatic N) is 1. The normalized spacial score (nSPS) is 13.2. The lowest BCUT2D eigenvalue weighted by molar-refractivity contribution is 0.483. The van der Waals surface area contributed by atoms with Crippen LogP contribution in [0, 0.1) is 0 Å². The molecule has 1 aliphatic heterocycles. The second-order valence-electron chi connectivity index (χ2n) is 4.96. The van der Waals surface area contributed by atoms with Gasteiger partial charge in [0.05, 0.1) is 11.4 Å². The van der Waals surface area contributed by atoms with Gasteiger partial charge in [-0.2, -0.15) is 0 Å². The number of benzene rings is 1. The smallest absolute Gasteiger partial charge is 0.207 e. The number of anilines is 3. The van der Waals surface area contributed by atoms with Crippen LogP contribution in [0.25, 0.3) is 0 Å². The zero-order chi connectivity index (χ0) is 13.6. The molecule has 2 heterocycles. The lowest BCUT2D eigenvalue weighted by Crippen LogP contribution is -2.28. The lowest BCUT2D eigenvalue weighted by atomic mass is 10.1. The minimum atomic E-state index is 0.338. The summed E-state index contributed by atoms with van der Waals surface area (Å²) in [7, 11) is 0. The van der Waals surface area contributed by atoms with Crippen LogP contribution in [0.1, 0.15) is 25.6 Å². The van der Waals surface area contributed by atoms with Crippen molar-refractivity contribution in [1.29, 1.82) is 0 Å². The zero-order valence-corrected chi connectivity index (χ0v) is 12.3. The maximum absolute atomic E-state index is 6.31. The monoisotopic (exact) mass is 274 g/mol. The molecule has 1 aromatic carbocycles. The Balaban J connectivity index is 2.22. The molecule has 3 rings (SSSR count). The molecule has 0 radical (unpaired) electrons. The molecule has 1 aromatic heterocycles. The first kappa shape index (κ1) is 12.4. The summed E-state index contributed by atoms with van der Waals surface area (Å²) in [5.41, 5.74) is 9.31. The van der Waals surface area contributed by atoms with Gasteiger partial charge in [0.25, 0.3) is 0 Å². The topological polar surface area (TPSA) is 38.5 Å². The minimum Gasteiger partial charge on any atom is -0.442 e. The largest absolute Gasteiger partial charge is 0.442 e. The zero-order valence-electron chi connectivity index (χ0n) is 11.4. The van der Waals surface area contributed by atoms with Gasteiger partial charge >= 0.3 is 0 Å². The van der Waals surface area contributed by atoms with Crippen LogP contribution in [0.15, 0.2) is 24.3 Å². The summed E-state index contributed by atoms with van der Waals surface area (Å²) in [6, 6.07) is 8.47. The summed E-state index contributed by atoms with van der Waals surface area (Å²) in [6.07, 6.45) is 0.940. The summed E-state index contributed by atoms with van der Waals surface area (Å²) < 4.78 is 6.02. The first-order chi connectivity index (χ1) is 9.13. The minimum absolute atomic E-state index is 0.338. The Labute approximate surface area is 117 Å². The maximum atomic E-state index is 6.31. The number of ether oxygens (including phenoxy) is 1. The molecule has 0 fully saturated rings. The number of para-hydroxylation sites is 2. The Kier molecular flexibility index (Phi) is 2.90. The summed E-state index contributed by atoms with van der Waals surface area (Å²) in [4.78, 5) is 3.47. The number of nitrogens with two attached hydrogens (primary N) is 1. The van der Waals surface area contributed by atoms with E-state index in [1.165, 1.54) is 4.88 Å². The third-order valence-electron chi connectivity index (χ3n) is 3.37. The predicted octanol–water partition coefficient (Wildman–Crippen LogP) is 4.54. The number of thiophene rings is 1. The summed E-state index contributed by atoms with van der Waals surface area (Å²) in [6.45, 7) is 6.48. The molecule has 0 unspecified atom stereocenters. The highest BCUT2D eigenvalue weighted by Crippen LogP contribution is 2.55. The van der Waals surface area contributed by atoms with E-state index in [-0.39, 0.29) is 0 Å². The van der Waals surface area contributed by atoms with Crippen LogP contribution < -0.4 is 15.4 Å². The summed E-state index contributed by atoms with van der Waals surface area (Å²) >= 11 is 1.66. The molecule has 0 bridgehead atoms. The van der Waals surface area contributed by atoms with Crippen molar-refractivity contribution in [3.8, 4) is 10.8 Å². The van der Waals surface area contributed by atoms with E-state index in [0.717, 1.165) is 34.3 Å². The van der Waals surface area contributed by atoms with Crippen molar-refractivity contribution in [1.82, 2.24) is 0 Å². The van der Waals surface area contributed by atoms with Crippen molar-refractivity contribution >= 4 is 28.4 Å². The molecule has 100 valence electrons. The fraction of sp³-hybridized carbons (Fsp3) is 0.333. The molecule has 0 saturated carbocycles. The molecule has 4 heteroatoms. The average molecular weight is 274 g/mol. The average Bonchev–Trinajstić information content (AvgIpc) is 2.72. The van der Waals surface area contributed by atoms with Gasteiger partial charge in [-0.1, -0.05) is 30.4 Å². The highest BCUT2D eigenvalue weighted by molar-refractivity contribution is 7.15. The maximum Gasteiger partial charge on any atom is 0.207 e. The van der Waals surface area contributed by atoms with Crippen LogP contribution in [0.3, 0.4) is 0 Å². The molecule has 19 heavy (non-hydrogen) atoms. The molecule has 0 saturated heterocycles. The quantitative estimate of drug-likeness (QED) is 0.873. The number of hydrogen-bond acceptors (Lipinski definition) is 4. The predicted molar refractivity (Wildman–Crippen MR) is 81.9 cm³/mol. The van der Waals surface area contributed by atoms with E-state index < -0.39 is 0 Å². The number of nitrogen functional groups attached to an aromatic ring is 1. The van der Waals surface area contributed by atoms with E-state index in [2.05, 4.69) is 31.7 Å². The lowest BCUT2D eigenvalue weighted by Gasteiger charge is -2.34. The van der Waals surface area contributed by atoms with E-state index in [1.807, 2.05) is 18.2 Å². The van der Waals surface area contributed by atoms with Gasteiger partial charge in [-0.25, -0.2) is 0 Å². The van der Waals surface area contributed by atoms with Gasteiger partial charge in [-0.3, -0.25) is 0 Å². The Hall–Kier alpha value is -1.68. The first-order valence-electron chi connectivity index (χ1n) is 6.60. The van der Waals surface area contributed by atoms with Crippen LogP contribution in [-0.2, 0) is 6.42 Å². The number of aryl methyl sites for hydroxylation is 1. The molecular formula is C15H18N2OS. The molecule has 2 N–H and O–H groups in total. The number of rotatable bonds is 2. The van der Waals surface area contributed by atoms with Crippen molar-refractivity contribution in [3.05, 3.63) is 29.1 Å². The fourth-order valence-electron chi connectivity index (χ4n) is 2.52. The van der Waals surface area contributed by atoms with Gasteiger partial charge in [0.2, 0.25) is 5.06 Å². The number of hydrogen-bond donors (Lipinski definition) is 1. The standard InChI is InChI=1S/C15H18N2OS/c1-4-12-13(16)14-15(19-12)18-11-8-6-5-7-10(11)17(14)9(2)3/h5-9H,4,16H2,1-3H3. The van der Waals surface area contributed by atoms with E-state index in [9.17, 15) is 0 Å². The SMILES string of the molecule is CCc1sc2c(c1N)N(C(C)C)c1ccccc1O2. The van der Waals surface area contributed by atoms with Crippen LogP contribution in [0.5, 0.6) is 10.8 Å². The molecule has 0 aliphatic carbocycles. The second-order valence-corrected chi connectivity index (χ2v) is 6.03. The van der Waals surface area contributed by atoms with Gasteiger partial charge in [0, 0.05) is 10.9 Å². The molecule has 0 spiro atoms. The third kappa shape index (κ3) is 1.78. The van der Waals surface area contributed by atoms with E-state index in [0.29, 0.717) is 6.04 Å². The van der Waals surface area contributed by atoms with Gasteiger partial charge < -0.3 is 15.4 Å². The highest BCUT2D eigenvalue weighted by atomic mass is 32.1. The van der Waals surface area contributed by atoms with Crippen LogP contribution in [0.4, 0.5) is 17.1 Å². The second kappa shape index (κ2) is 4.46. The summed E-state index contributed by atoms with van der Waals surface area (Å²) in [5, 5.41) is 0.918. The van der Waals surface area contributed by atoms with E-state index >= 15 is 0 Å². The Morgan fingerprint density at radius 3 is 2.74 bits per heavy atom. The summed E-state index contributed by atoms with van der Waals surface area (Å²) in [5.74, 6) is 0.910. The third-order valence-corrected chi connectivity index (χ3v) is 4.59. The van der Waals surface area contributed by atoms with Gasteiger partial charge in [-0.05, 0) is 32.4 Å². The van der Waals surface area contributed by atoms with Crippen molar-refractivity contribution < 1.29 is 4.74 Å². The fourth-order valence-corrected chi connectivity index (χ4v) is 3.53. The van der Waals surface area contributed by atoms with Crippen molar-refractivity contribution in [2.24, 2.45) is 0 Å². The Morgan fingerprint density at radius 1 is 1.32 bits per heavy atom.